The Morgan fingerprint density at radius 1 is 1.17 bits per heavy atom. The second-order valence-corrected chi connectivity index (χ2v) is 5.09. The van der Waals surface area contributed by atoms with Crippen LogP contribution in [0.4, 0.5) is 11.8 Å². The van der Waals surface area contributed by atoms with Gasteiger partial charge in [-0.1, -0.05) is 11.6 Å². The molecule has 0 unspecified atom stereocenters. The van der Waals surface area contributed by atoms with Crippen LogP contribution in [0, 0.1) is 0 Å². The van der Waals surface area contributed by atoms with Crippen LogP contribution in [0.1, 0.15) is 11.3 Å². The third-order valence-electron chi connectivity index (χ3n) is 3.05. The van der Waals surface area contributed by atoms with Crippen molar-refractivity contribution in [1.29, 1.82) is 0 Å². The van der Waals surface area contributed by atoms with E-state index in [0.29, 0.717) is 10.6 Å². The second-order valence-electron chi connectivity index (χ2n) is 4.65. The van der Waals surface area contributed by atoms with Gasteiger partial charge in [0.05, 0.1) is 0 Å². The lowest BCUT2D eigenvalue weighted by Crippen LogP contribution is -2.15. The molecule has 0 amide bonds. The van der Waals surface area contributed by atoms with Crippen molar-refractivity contribution in [3.05, 3.63) is 50.9 Å². The lowest BCUT2D eigenvalue weighted by atomic mass is 10.1. The summed E-state index contributed by atoms with van der Waals surface area (Å²) in [6, 6.07) is 6.46. The molecule has 0 aliphatic heterocycles. The number of nitrogens with one attached hydrogen (secondary N) is 1. The van der Waals surface area contributed by atoms with Gasteiger partial charge in [0.2, 0.25) is 5.95 Å². The number of halogens is 1. The van der Waals surface area contributed by atoms with E-state index < -0.39 is 5.56 Å². The summed E-state index contributed by atoms with van der Waals surface area (Å²) < 4.78 is 0. The van der Waals surface area contributed by atoms with Crippen LogP contribution in [-0.4, -0.2) is 25.0 Å². The van der Waals surface area contributed by atoms with E-state index in [9.17, 15) is 9.90 Å². The normalized spacial score (nSPS) is 11.8. The van der Waals surface area contributed by atoms with Crippen molar-refractivity contribution in [2.45, 2.75) is 0 Å². The number of nitrogens with zero attached hydrogens (tertiary/aromatic N) is 3. The minimum atomic E-state index is -0.543. The van der Waals surface area contributed by atoms with Crippen LogP contribution in [0.15, 0.2) is 29.1 Å². The van der Waals surface area contributed by atoms with Crippen molar-refractivity contribution < 1.29 is 5.11 Å². The molecule has 116 valence electrons. The number of aliphatic hydroxyl groups excluding tert-OH is 1. The SMILES string of the molecule is Nc1nc(N)c2[nH]c(=O)c(/C=C(\O)c3ccc(Cl)cc3)nc2n1. The summed E-state index contributed by atoms with van der Waals surface area (Å²) in [4.78, 5) is 26.3. The summed E-state index contributed by atoms with van der Waals surface area (Å²) >= 11 is 5.79. The molecule has 3 rings (SSSR count). The molecule has 0 aliphatic rings. The second kappa shape index (κ2) is 5.58. The summed E-state index contributed by atoms with van der Waals surface area (Å²) in [5.74, 6) is -0.185. The highest BCUT2D eigenvalue weighted by Crippen LogP contribution is 2.18. The Kier molecular flexibility index (Phi) is 3.59. The Morgan fingerprint density at radius 2 is 1.87 bits per heavy atom. The number of aromatic amines is 1. The van der Waals surface area contributed by atoms with Gasteiger partial charge in [0, 0.05) is 16.7 Å². The Hall–Kier alpha value is -3.13. The molecule has 9 heteroatoms. The van der Waals surface area contributed by atoms with Crippen molar-refractivity contribution in [2.24, 2.45) is 0 Å². The van der Waals surface area contributed by atoms with E-state index in [0.717, 1.165) is 0 Å². The van der Waals surface area contributed by atoms with E-state index in [1.807, 2.05) is 0 Å². The third kappa shape index (κ3) is 2.92. The lowest BCUT2D eigenvalue weighted by Gasteiger charge is -2.03. The van der Waals surface area contributed by atoms with Crippen LogP contribution in [0.5, 0.6) is 0 Å². The van der Waals surface area contributed by atoms with Crippen LogP contribution in [0.25, 0.3) is 23.0 Å². The van der Waals surface area contributed by atoms with Crippen molar-refractivity contribution in [1.82, 2.24) is 19.9 Å². The van der Waals surface area contributed by atoms with Crippen molar-refractivity contribution in [3.8, 4) is 0 Å². The number of fused-ring (bicyclic) bond motifs is 1. The van der Waals surface area contributed by atoms with Crippen molar-refractivity contribution >= 4 is 46.4 Å². The Balaban J connectivity index is 2.12. The van der Waals surface area contributed by atoms with Gasteiger partial charge < -0.3 is 21.6 Å². The molecule has 2 aromatic heterocycles. The molecule has 3 aromatic rings. The van der Waals surface area contributed by atoms with E-state index >= 15 is 0 Å². The fourth-order valence-corrected chi connectivity index (χ4v) is 2.08. The van der Waals surface area contributed by atoms with E-state index in [-0.39, 0.29) is 34.4 Å². The molecule has 23 heavy (non-hydrogen) atoms. The molecular weight excluding hydrogens is 320 g/mol. The number of hydrogen-bond donors (Lipinski definition) is 4. The van der Waals surface area contributed by atoms with Gasteiger partial charge in [-0.05, 0) is 24.3 Å². The number of hydrogen-bond acceptors (Lipinski definition) is 7. The minimum absolute atomic E-state index is 0.0227. The van der Waals surface area contributed by atoms with Crippen LogP contribution in [0.3, 0.4) is 0 Å². The van der Waals surface area contributed by atoms with Gasteiger partial charge in [-0.3, -0.25) is 4.79 Å². The van der Waals surface area contributed by atoms with E-state index in [1.165, 1.54) is 6.08 Å². The number of aliphatic hydroxyl groups is 1. The molecule has 0 saturated carbocycles. The number of anilines is 2. The quantitative estimate of drug-likeness (QED) is 0.522. The molecule has 1 aromatic carbocycles. The molecule has 0 radical (unpaired) electrons. The molecule has 2 heterocycles. The van der Waals surface area contributed by atoms with Gasteiger partial charge in [-0.2, -0.15) is 9.97 Å². The van der Waals surface area contributed by atoms with Gasteiger partial charge in [0.1, 0.15) is 17.0 Å². The Morgan fingerprint density at radius 3 is 2.57 bits per heavy atom. The van der Waals surface area contributed by atoms with Gasteiger partial charge in [-0.15, -0.1) is 0 Å². The topological polar surface area (TPSA) is 144 Å². The summed E-state index contributed by atoms with van der Waals surface area (Å²) in [6.07, 6.45) is 1.22. The molecule has 0 saturated heterocycles. The van der Waals surface area contributed by atoms with E-state index in [4.69, 9.17) is 23.1 Å². The summed E-state index contributed by atoms with van der Waals surface area (Å²) in [6.45, 7) is 0. The Bertz CT molecular complexity index is 981. The first-order chi connectivity index (χ1) is 10.9. The predicted molar refractivity (Wildman–Crippen MR) is 88.7 cm³/mol. The first-order valence-electron chi connectivity index (χ1n) is 6.43. The fourth-order valence-electron chi connectivity index (χ4n) is 1.96. The standard InChI is InChI=1S/C14H11ClN6O2/c15-7-3-1-6(2-4-7)9(22)5-8-13(23)19-10-11(16)20-14(17)21-12(10)18-8/h1-5,22H,(H,19,23)(H4,16,17,18,20,21)/b9-5-. The summed E-state index contributed by atoms with van der Waals surface area (Å²) in [7, 11) is 0. The molecule has 0 spiro atoms. The Labute approximate surface area is 134 Å². The first-order valence-corrected chi connectivity index (χ1v) is 6.81. The summed E-state index contributed by atoms with van der Waals surface area (Å²) in [5, 5.41) is 10.6. The van der Waals surface area contributed by atoms with Crippen LogP contribution in [0.2, 0.25) is 5.02 Å². The number of nitrogen functional groups attached to an aromatic ring is 2. The van der Waals surface area contributed by atoms with Crippen LogP contribution in [-0.2, 0) is 0 Å². The molecule has 8 nitrogen and oxygen atoms in total. The zero-order valence-corrected chi connectivity index (χ0v) is 12.4. The maximum absolute atomic E-state index is 12.1. The van der Waals surface area contributed by atoms with Gasteiger partial charge in [0.25, 0.3) is 5.56 Å². The van der Waals surface area contributed by atoms with E-state index in [2.05, 4.69) is 19.9 Å². The van der Waals surface area contributed by atoms with Gasteiger partial charge >= 0.3 is 0 Å². The number of nitrogens with two attached hydrogens (primary N) is 2. The molecule has 0 fully saturated rings. The zero-order valence-electron chi connectivity index (χ0n) is 11.6. The van der Waals surface area contributed by atoms with E-state index in [1.54, 1.807) is 24.3 Å². The lowest BCUT2D eigenvalue weighted by molar-refractivity contribution is 0.515. The van der Waals surface area contributed by atoms with Crippen molar-refractivity contribution in [3.63, 3.8) is 0 Å². The summed E-state index contributed by atoms with van der Waals surface area (Å²) in [5.41, 5.74) is 11.4. The van der Waals surface area contributed by atoms with Crippen LogP contribution >= 0.6 is 11.6 Å². The third-order valence-corrected chi connectivity index (χ3v) is 3.30. The number of aromatic nitrogens is 4. The molecule has 6 N–H and O–H groups in total. The minimum Gasteiger partial charge on any atom is -0.507 e. The molecular formula is C14H11ClN6O2. The zero-order chi connectivity index (χ0) is 16.6. The van der Waals surface area contributed by atoms with Crippen molar-refractivity contribution in [2.75, 3.05) is 11.5 Å². The maximum Gasteiger partial charge on any atom is 0.274 e. The largest absolute Gasteiger partial charge is 0.507 e. The smallest absolute Gasteiger partial charge is 0.274 e. The average molecular weight is 331 g/mol. The number of benzene rings is 1. The molecule has 0 bridgehead atoms. The monoisotopic (exact) mass is 330 g/mol. The first kappa shape index (κ1) is 14.8. The number of H-pyrrole nitrogens is 1. The highest BCUT2D eigenvalue weighted by atomic mass is 35.5. The fraction of sp³-hybridized carbons (Fsp3) is 0. The highest BCUT2D eigenvalue weighted by Gasteiger charge is 2.10. The average Bonchev–Trinajstić information content (AvgIpc) is 2.49. The number of rotatable bonds is 2. The highest BCUT2D eigenvalue weighted by molar-refractivity contribution is 6.30. The van der Waals surface area contributed by atoms with Gasteiger partial charge in [0.15, 0.2) is 11.5 Å². The maximum atomic E-state index is 12.1. The molecule has 0 aliphatic carbocycles. The molecule has 0 atom stereocenters. The predicted octanol–water partition coefficient (Wildman–Crippen LogP) is 1.59. The van der Waals surface area contributed by atoms with Crippen LogP contribution < -0.4 is 17.0 Å². The van der Waals surface area contributed by atoms with Gasteiger partial charge in [-0.25, -0.2) is 4.98 Å².